The molecule has 0 bridgehead atoms. The van der Waals surface area contributed by atoms with Crippen molar-refractivity contribution < 1.29 is 4.79 Å². The van der Waals surface area contributed by atoms with Gasteiger partial charge in [0, 0.05) is 5.56 Å². The molecular formula is C11H13NO. The summed E-state index contributed by atoms with van der Waals surface area (Å²) in [5.74, 6) is 0.0227. The first-order valence-corrected chi connectivity index (χ1v) is 4.25. The number of hydrogen-bond acceptors (Lipinski definition) is 2. The van der Waals surface area contributed by atoms with Gasteiger partial charge in [-0.3, -0.25) is 4.79 Å². The summed E-state index contributed by atoms with van der Waals surface area (Å²) < 4.78 is 0. The van der Waals surface area contributed by atoms with Gasteiger partial charge in [0.25, 0.3) is 0 Å². The van der Waals surface area contributed by atoms with E-state index in [0.29, 0.717) is 11.1 Å². The largest absolute Gasteiger partial charge is 0.295 e. The molecule has 0 aliphatic carbocycles. The van der Waals surface area contributed by atoms with Gasteiger partial charge in [0.15, 0.2) is 5.78 Å². The summed E-state index contributed by atoms with van der Waals surface area (Å²) in [5, 5.41) is 8.43. The van der Waals surface area contributed by atoms with E-state index >= 15 is 0 Å². The second-order valence-corrected chi connectivity index (χ2v) is 2.25. The van der Waals surface area contributed by atoms with Crippen LogP contribution in [0.1, 0.15) is 36.7 Å². The maximum atomic E-state index is 10.8. The van der Waals surface area contributed by atoms with Gasteiger partial charge in [0.2, 0.25) is 0 Å². The van der Waals surface area contributed by atoms with E-state index in [1.165, 1.54) is 6.92 Å². The van der Waals surface area contributed by atoms with E-state index in [2.05, 4.69) is 0 Å². The molecule has 0 saturated carbocycles. The number of rotatable bonds is 1. The SMILES string of the molecule is CC.CC(=O)c1ccc(C#N)cc1. The fourth-order valence-corrected chi connectivity index (χ4v) is 0.779. The average molecular weight is 175 g/mol. The smallest absolute Gasteiger partial charge is 0.159 e. The van der Waals surface area contributed by atoms with E-state index in [-0.39, 0.29) is 5.78 Å². The van der Waals surface area contributed by atoms with Crippen molar-refractivity contribution in [2.45, 2.75) is 20.8 Å². The molecular weight excluding hydrogens is 162 g/mol. The van der Waals surface area contributed by atoms with Crippen LogP contribution in [0.5, 0.6) is 0 Å². The monoisotopic (exact) mass is 175 g/mol. The zero-order valence-electron chi connectivity index (χ0n) is 8.16. The molecule has 0 unspecified atom stereocenters. The summed E-state index contributed by atoms with van der Waals surface area (Å²) in [4.78, 5) is 10.8. The Kier molecular flexibility index (Phi) is 5.22. The molecule has 0 atom stereocenters. The highest BCUT2D eigenvalue weighted by Gasteiger charge is 1.96. The fourth-order valence-electron chi connectivity index (χ4n) is 0.779. The first kappa shape index (κ1) is 11.4. The van der Waals surface area contributed by atoms with E-state index in [4.69, 9.17) is 5.26 Å². The second-order valence-electron chi connectivity index (χ2n) is 2.25. The van der Waals surface area contributed by atoms with Crippen LogP contribution in [-0.2, 0) is 0 Å². The van der Waals surface area contributed by atoms with Gasteiger partial charge in [-0.1, -0.05) is 26.0 Å². The first-order valence-electron chi connectivity index (χ1n) is 4.25. The summed E-state index contributed by atoms with van der Waals surface area (Å²) in [6, 6.07) is 8.56. The lowest BCUT2D eigenvalue weighted by atomic mass is 10.1. The highest BCUT2D eigenvalue weighted by molar-refractivity contribution is 5.94. The Morgan fingerprint density at radius 1 is 1.23 bits per heavy atom. The lowest BCUT2D eigenvalue weighted by Crippen LogP contribution is -1.90. The van der Waals surface area contributed by atoms with Gasteiger partial charge in [-0.15, -0.1) is 0 Å². The van der Waals surface area contributed by atoms with Crippen LogP contribution in [0, 0.1) is 11.3 Å². The Hall–Kier alpha value is -1.62. The maximum Gasteiger partial charge on any atom is 0.159 e. The minimum atomic E-state index is 0.0227. The minimum Gasteiger partial charge on any atom is -0.295 e. The van der Waals surface area contributed by atoms with Crippen molar-refractivity contribution in [3.05, 3.63) is 35.4 Å². The number of ketones is 1. The van der Waals surface area contributed by atoms with Crippen molar-refractivity contribution in [3.8, 4) is 6.07 Å². The minimum absolute atomic E-state index is 0.0227. The van der Waals surface area contributed by atoms with E-state index in [1.54, 1.807) is 24.3 Å². The van der Waals surface area contributed by atoms with Crippen LogP contribution in [0.25, 0.3) is 0 Å². The Labute approximate surface area is 78.8 Å². The maximum absolute atomic E-state index is 10.8. The lowest BCUT2D eigenvalue weighted by Gasteiger charge is -1.92. The van der Waals surface area contributed by atoms with Gasteiger partial charge in [-0.25, -0.2) is 0 Å². The van der Waals surface area contributed by atoms with Crippen LogP contribution in [0.15, 0.2) is 24.3 Å². The molecule has 1 aromatic rings. The number of nitrogens with zero attached hydrogens (tertiary/aromatic N) is 1. The van der Waals surface area contributed by atoms with Crippen molar-refractivity contribution in [2.24, 2.45) is 0 Å². The van der Waals surface area contributed by atoms with Gasteiger partial charge >= 0.3 is 0 Å². The summed E-state index contributed by atoms with van der Waals surface area (Å²) >= 11 is 0. The topological polar surface area (TPSA) is 40.9 Å². The van der Waals surface area contributed by atoms with Crippen LogP contribution < -0.4 is 0 Å². The van der Waals surface area contributed by atoms with Gasteiger partial charge < -0.3 is 0 Å². The molecule has 0 aromatic heterocycles. The van der Waals surface area contributed by atoms with E-state index in [0.717, 1.165) is 0 Å². The predicted molar refractivity (Wildman–Crippen MR) is 52.5 cm³/mol. The number of Topliss-reactive ketones (excluding diaryl/α,β-unsaturated/α-hetero) is 1. The quantitative estimate of drug-likeness (QED) is 0.616. The average Bonchev–Trinajstić information content (AvgIpc) is 2.21. The molecule has 1 rings (SSSR count). The molecule has 0 radical (unpaired) electrons. The Bertz CT molecular complexity index is 306. The van der Waals surface area contributed by atoms with Gasteiger partial charge in [0.1, 0.15) is 0 Å². The molecule has 0 aliphatic heterocycles. The van der Waals surface area contributed by atoms with E-state index in [1.807, 2.05) is 19.9 Å². The summed E-state index contributed by atoms with van der Waals surface area (Å²) in [5.41, 5.74) is 1.22. The highest BCUT2D eigenvalue weighted by Crippen LogP contribution is 2.03. The first-order chi connectivity index (χ1) is 6.24. The van der Waals surface area contributed by atoms with Crippen LogP contribution in [-0.4, -0.2) is 5.78 Å². The molecule has 0 saturated heterocycles. The Morgan fingerprint density at radius 2 is 1.69 bits per heavy atom. The van der Waals surface area contributed by atoms with Gasteiger partial charge in [-0.05, 0) is 19.1 Å². The van der Waals surface area contributed by atoms with Crippen LogP contribution >= 0.6 is 0 Å². The van der Waals surface area contributed by atoms with Crippen molar-refractivity contribution >= 4 is 5.78 Å². The third-order valence-electron chi connectivity index (χ3n) is 1.42. The van der Waals surface area contributed by atoms with Crippen molar-refractivity contribution in [1.82, 2.24) is 0 Å². The molecule has 0 aliphatic rings. The third-order valence-corrected chi connectivity index (χ3v) is 1.42. The number of carbonyl (C=O) groups excluding carboxylic acids is 1. The Morgan fingerprint density at radius 3 is 2.00 bits per heavy atom. The molecule has 0 N–H and O–H groups in total. The molecule has 0 fully saturated rings. The summed E-state index contributed by atoms with van der Waals surface area (Å²) in [6.07, 6.45) is 0. The van der Waals surface area contributed by atoms with Crippen LogP contribution in [0.3, 0.4) is 0 Å². The molecule has 0 spiro atoms. The molecule has 1 aromatic carbocycles. The number of carbonyl (C=O) groups is 1. The molecule has 0 heterocycles. The molecule has 13 heavy (non-hydrogen) atoms. The second kappa shape index (κ2) is 5.96. The van der Waals surface area contributed by atoms with Crippen LogP contribution in [0.2, 0.25) is 0 Å². The predicted octanol–water partition coefficient (Wildman–Crippen LogP) is 2.79. The summed E-state index contributed by atoms with van der Waals surface area (Å²) in [7, 11) is 0. The number of nitriles is 1. The lowest BCUT2D eigenvalue weighted by molar-refractivity contribution is 0.101. The van der Waals surface area contributed by atoms with Crippen molar-refractivity contribution in [2.75, 3.05) is 0 Å². The van der Waals surface area contributed by atoms with Crippen molar-refractivity contribution in [1.29, 1.82) is 5.26 Å². The molecule has 2 heteroatoms. The van der Waals surface area contributed by atoms with E-state index in [9.17, 15) is 4.79 Å². The molecule has 0 amide bonds. The Balaban J connectivity index is 0.000000671. The van der Waals surface area contributed by atoms with Crippen LogP contribution in [0.4, 0.5) is 0 Å². The third kappa shape index (κ3) is 3.53. The zero-order valence-corrected chi connectivity index (χ0v) is 8.16. The normalized spacial score (nSPS) is 7.85. The summed E-state index contributed by atoms with van der Waals surface area (Å²) in [6.45, 7) is 5.50. The van der Waals surface area contributed by atoms with Crippen molar-refractivity contribution in [3.63, 3.8) is 0 Å². The fraction of sp³-hybridized carbons (Fsp3) is 0.273. The zero-order chi connectivity index (χ0) is 10.3. The number of hydrogen-bond donors (Lipinski definition) is 0. The molecule has 2 nitrogen and oxygen atoms in total. The highest BCUT2D eigenvalue weighted by atomic mass is 16.1. The standard InChI is InChI=1S/C9H7NO.C2H6/c1-7(11)9-4-2-8(6-10)3-5-9;1-2/h2-5H,1H3;1-2H3. The van der Waals surface area contributed by atoms with Gasteiger partial charge in [-0.2, -0.15) is 5.26 Å². The number of benzene rings is 1. The molecule has 68 valence electrons. The van der Waals surface area contributed by atoms with Gasteiger partial charge in [0.05, 0.1) is 11.6 Å². The van der Waals surface area contributed by atoms with E-state index < -0.39 is 0 Å².